The zero-order chi connectivity index (χ0) is 19.7. The molecule has 0 unspecified atom stereocenters. The SMILES string of the molecule is CC(C)(C)c1cc(C=C(C#N)S(=O)(=O)c2ccc(F)cc2F)ccc1O. The van der Waals surface area contributed by atoms with E-state index in [0.717, 1.165) is 18.2 Å². The maximum atomic E-state index is 13.9. The first-order valence-electron chi connectivity index (χ1n) is 7.62. The Labute approximate surface area is 150 Å². The van der Waals surface area contributed by atoms with Crippen molar-refractivity contribution in [2.45, 2.75) is 31.1 Å². The predicted molar refractivity (Wildman–Crippen MR) is 93.9 cm³/mol. The van der Waals surface area contributed by atoms with Gasteiger partial charge in [-0.1, -0.05) is 26.8 Å². The van der Waals surface area contributed by atoms with Gasteiger partial charge in [-0.2, -0.15) is 5.26 Å². The number of benzene rings is 2. The smallest absolute Gasteiger partial charge is 0.219 e. The van der Waals surface area contributed by atoms with Crippen molar-refractivity contribution >= 4 is 15.9 Å². The fraction of sp³-hybridized carbons (Fsp3) is 0.211. The van der Waals surface area contributed by atoms with Gasteiger partial charge in [-0.25, -0.2) is 17.2 Å². The van der Waals surface area contributed by atoms with Gasteiger partial charge in [-0.05, 0) is 46.9 Å². The number of rotatable bonds is 3. The number of sulfone groups is 1. The van der Waals surface area contributed by atoms with Crippen LogP contribution in [-0.4, -0.2) is 13.5 Å². The quantitative estimate of drug-likeness (QED) is 0.639. The molecule has 2 aromatic carbocycles. The van der Waals surface area contributed by atoms with Crippen LogP contribution in [0, 0.1) is 23.0 Å². The molecule has 0 fully saturated rings. The molecule has 0 saturated carbocycles. The summed E-state index contributed by atoms with van der Waals surface area (Å²) in [6.45, 7) is 5.60. The first-order valence-corrected chi connectivity index (χ1v) is 9.10. The number of hydrogen-bond acceptors (Lipinski definition) is 4. The zero-order valence-corrected chi connectivity index (χ0v) is 15.2. The summed E-state index contributed by atoms with van der Waals surface area (Å²) >= 11 is 0. The summed E-state index contributed by atoms with van der Waals surface area (Å²) < 4.78 is 52.0. The lowest BCUT2D eigenvalue weighted by Crippen LogP contribution is -2.11. The van der Waals surface area contributed by atoms with Crippen molar-refractivity contribution in [3.05, 3.63) is 64.1 Å². The first kappa shape index (κ1) is 19.6. The second-order valence-corrected chi connectivity index (χ2v) is 8.61. The summed E-state index contributed by atoms with van der Waals surface area (Å²) in [6, 6.07) is 7.98. The predicted octanol–water partition coefficient (Wildman–Crippen LogP) is 4.31. The lowest BCUT2D eigenvalue weighted by Gasteiger charge is -2.20. The van der Waals surface area contributed by atoms with Crippen LogP contribution in [0.2, 0.25) is 0 Å². The molecule has 0 aliphatic heterocycles. The van der Waals surface area contributed by atoms with Crippen molar-refractivity contribution in [1.82, 2.24) is 0 Å². The lowest BCUT2D eigenvalue weighted by molar-refractivity contribution is 0.446. The maximum absolute atomic E-state index is 13.9. The second kappa shape index (κ2) is 6.89. The van der Waals surface area contributed by atoms with Crippen LogP contribution >= 0.6 is 0 Å². The van der Waals surface area contributed by atoms with Gasteiger partial charge in [0, 0.05) is 6.07 Å². The molecule has 0 aliphatic rings. The highest BCUT2D eigenvalue weighted by Gasteiger charge is 2.25. The van der Waals surface area contributed by atoms with Gasteiger partial charge in [0.05, 0.1) is 0 Å². The topological polar surface area (TPSA) is 78.2 Å². The van der Waals surface area contributed by atoms with Crippen molar-refractivity contribution < 1.29 is 22.3 Å². The van der Waals surface area contributed by atoms with E-state index >= 15 is 0 Å². The molecular weight excluding hydrogens is 360 g/mol. The highest BCUT2D eigenvalue weighted by Crippen LogP contribution is 2.32. The minimum atomic E-state index is -4.46. The Balaban J connectivity index is 2.60. The Morgan fingerprint density at radius 2 is 1.81 bits per heavy atom. The first-order chi connectivity index (χ1) is 12.0. The molecule has 0 atom stereocenters. The van der Waals surface area contributed by atoms with E-state index in [9.17, 15) is 27.6 Å². The standard InChI is InChI=1S/C19H17F2NO3S/c1-19(2,3)15-9-12(4-6-17(15)23)8-14(11-22)26(24,25)18-7-5-13(20)10-16(18)21/h4-10,23H,1-3H3. The van der Waals surface area contributed by atoms with E-state index in [2.05, 4.69) is 0 Å². The summed E-state index contributed by atoms with van der Waals surface area (Å²) in [5.74, 6) is -2.15. The average molecular weight is 377 g/mol. The maximum Gasteiger partial charge on any atom is 0.219 e. The highest BCUT2D eigenvalue weighted by molar-refractivity contribution is 7.95. The van der Waals surface area contributed by atoms with Crippen LogP contribution < -0.4 is 0 Å². The van der Waals surface area contributed by atoms with Gasteiger partial charge >= 0.3 is 0 Å². The van der Waals surface area contributed by atoms with Gasteiger partial charge in [-0.3, -0.25) is 0 Å². The van der Waals surface area contributed by atoms with E-state index < -0.39 is 36.7 Å². The fourth-order valence-corrected chi connectivity index (χ4v) is 3.59. The Hall–Kier alpha value is -2.72. The van der Waals surface area contributed by atoms with E-state index in [1.807, 2.05) is 20.8 Å². The molecule has 0 saturated heterocycles. The molecule has 1 N–H and O–H groups in total. The number of aromatic hydroxyl groups is 1. The Morgan fingerprint density at radius 1 is 1.15 bits per heavy atom. The van der Waals surface area contributed by atoms with Crippen molar-refractivity contribution in [3.63, 3.8) is 0 Å². The number of phenolic OH excluding ortho intramolecular Hbond substituents is 1. The molecule has 7 heteroatoms. The number of phenols is 1. The third-order valence-corrected chi connectivity index (χ3v) is 5.41. The third kappa shape index (κ3) is 3.92. The van der Waals surface area contributed by atoms with E-state index in [1.165, 1.54) is 12.1 Å². The van der Waals surface area contributed by atoms with Gasteiger partial charge < -0.3 is 5.11 Å². The molecule has 0 heterocycles. The van der Waals surface area contributed by atoms with E-state index in [1.54, 1.807) is 12.1 Å². The molecule has 26 heavy (non-hydrogen) atoms. The van der Waals surface area contributed by atoms with Gasteiger partial charge in [-0.15, -0.1) is 0 Å². The van der Waals surface area contributed by atoms with Crippen molar-refractivity contribution in [2.24, 2.45) is 0 Å². The molecule has 0 spiro atoms. The summed E-state index contributed by atoms with van der Waals surface area (Å²) in [5, 5.41) is 19.2. The van der Waals surface area contributed by atoms with Crippen molar-refractivity contribution in [2.75, 3.05) is 0 Å². The minimum Gasteiger partial charge on any atom is -0.508 e. The van der Waals surface area contributed by atoms with Crippen LogP contribution in [0.15, 0.2) is 46.2 Å². The molecule has 136 valence electrons. The highest BCUT2D eigenvalue weighted by atomic mass is 32.2. The van der Waals surface area contributed by atoms with Crippen LogP contribution in [0.3, 0.4) is 0 Å². The molecule has 0 aliphatic carbocycles. The molecular formula is C19H17F2NO3S. The minimum absolute atomic E-state index is 0.0422. The van der Waals surface area contributed by atoms with Crippen molar-refractivity contribution in [3.8, 4) is 11.8 Å². The normalized spacial score (nSPS) is 12.7. The zero-order valence-electron chi connectivity index (χ0n) is 14.4. The van der Waals surface area contributed by atoms with Gasteiger partial charge in [0.25, 0.3) is 0 Å². The Morgan fingerprint density at radius 3 is 2.35 bits per heavy atom. The van der Waals surface area contributed by atoms with E-state index in [4.69, 9.17) is 0 Å². The second-order valence-electron chi connectivity index (χ2n) is 6.73. The van der Waals surface area contributed by atoms with Crippen LogP contribution in [0.1, 0.15) is 31.9 Å². The summed E-state index contributed by atoms with van der Waals surface area (Å²) in [6.07, 6.45) is 1.09. The summed E-state index contributed by atoms with van der Waals surface area (Å²) in [7, 11) is -4.46. The third-order valence-electron chi connectivity index (χ3n) is 3.71. The number of halogens is 2. The molecule has 0 aromatic heterocycles. The van der Waals surface area contributed by atoms with E-state index in [0.29, 0.717) is 17.2 Å². The molecule has 2 aromatic rings. The van der Waals surface area contributed by atoms with Crippen LogP contribution in [0.25, 0.3) is 6.08 Å². The van der Waals surface area contributed by atoms with E-state index in [-0.39, 0.29) is 5.75 Å². The molecule has 2 rings (SSSR count). The van der Waals surface area contributed by atoms with Crippen LogP contribution in [0.4, 0.5) is 8.78 Å². The average Bonchev–Trinajstić information content (AvgIpc) is 2.52. The molecule has 0 bridgehead atoms. The number of nitrogens with zero attached hydrogens (tertiary/aromatic N) is 1. The van der Waals surface area contributed by atoms with Gasteiger partial charge in [0.1, 0.15) is 33.3 Å². The number of nitriles is 1. The van der Waals surface area contributed by atoms with Crippen molar-refractivity contribution in [1.29, 1.82) is 5.26 Å². The fourth-order valence-electron chi connectivity index (χ4n) is 2.38. The Bertz CT molecular complexity index is 1030. The van der Waals surface area contributed by atoms with Gasteiger partial charge in [0.15, 0.2) is 0 Å². The monoisotopic (exact) mass is 377 g/mol. The number of allylic oxidation sites excluding steroid dienone is 1. The largest absolute Gasteiger partial charge is 0.508 e. The molecule has 0 amide bonds. The molecule has 0 radical (unpaired) electrons. The number of hydrogen-bond donors (Lipinski definition) is 1. The lowest BCUT2D eigenvalue weighted by atomic mass is 9.85. The van der Waals surface area contributed by atoms with Gasteiger partial charge in [0.2, 0.25) is 9.84 Å². The molecule has 4 nitrogen and oxygen atoms in total. The van der Waals surface area contributed by atoms with Crippen LogP contribution in [-0.2, 0) is 15.3 Å². The Kier molecular flexibility index (Phi) is 5.19. The summed E-state index contributed by atoms with van der Waals surface area (Å²) in [5.41, 5.74) is 0.507. The summed E-state index contributed by atoms with van der Waals surface area (Å²) in [4.78, 5) is -1.46. The van der Waals surface area contributed by atoms with Crippen LogP contribution in [0.5, 0.6) is 5.75 Å².